The van der Waals surface area contributed by atoms with Crippen LogP contribution in [0.2, 0.25) is 0 Å². The Kier molecular flexibility index (Phi) is 9.51. The van der Waals surface area contributed by atoms with Crippen molar-refractivity contribution < 1.29 is 31.5 Å². The number of carbonyl (C=O) groups excluding carboxylic acids is 1. The summed E-state index contributed by atoms with van der Waals surface area (Å²) in [5, 5.41) is 10.0. The summed E-state index contributed by atoms with van der Waals surface area (Å²) in [5.74, 6) is -2.43. The summed E-state index contributed by atoms with van der Waals surface area (Å²) >= 11 is 0.976. The monoisotopic (exact) mass is 670 g/mol. The van der Waals surface area contributed by atoms with E-state index in [9.17, 15) is 10.1 Å². The Bertz CT molecular complexity index is 1830. The molecule has 2 bridgehead atoms. The number of piperazine rings is 1. The number of fused-ring (bicyclic) bond motifs is 3. The fourth-order valence-electron chi connectivity index (χ4n) is 6.79. The Hall–Kier alpha value is -4.24. The second-order valence-electron chi connectivity index (χ2n) is 12.0. The van der Waals surface area contributed by atoms with Gasteiger partial charge in [0.1, 0.15) is 17.6 Å². The number of halogens is 5. The summed E-state index contributed by atoms with van der Waals surface area (Å²) in [6, 6.07) is 3.73. The highest BCUT2D eigenvalue weighted by molar-refractivity contribution is 7.19. The third kappa shape index (κ3) is 6.02. The molecule has 6 nitrogen and oxygen atoms in total. The highest BCUT2D eigenvalue weighted by Crippen LogP contribution is 2.49. The van der Waals surface area contributed by atoms with E-state index in [1.807, 2.05) is 17.9 Å². The lowest BCUT2D eigenvalue weighted by Gasteiger charge is -2.43. The number of thiophene rings is 1. The lowest BCUT2D eigenvalue weighted by molar-refractivity contribution is -0.128. The van der Waals surface area contributed by atoms with Gasteiger partial charge >= 0.3 is 6.18 Å². The molecule has 5 rings (SSSR count). The lowest BCUT2D eigenvalue weighted by Crippen LogP contribution is -2.54. The van der Waals surface area contributed by atoms with Crippen LogP contribution in [0.3, 0.4) is 0 Å². The number of likely N-dealkylation sites (tertiary alicyclic amines) is 1. The number of ether oxygens (including phenoxy) is 1. The number of hydrogen-bond acceptors (Lipinski definition) is 6. The highest BCUT2D eigenvalue weighted by atomic mass is 32.1. The first kappa shape index (κ1) is 34.1. The van der Waals surface area contributed by atoms with Gasteiger partial charge < -0.3 is 14.5 Å². The molecule has 2 saturated heterocycles. The van der Waals surface area contributed by atoms with Crippen molar-refractivity contribution >= 4 is 38.6 Å². The maximum Gasteiger partial charge on any atom is 0.417 e. The Morgan fingerprint density at radius 2 is 1.89 bits per heavy atom. The van der Waals surface area contributed by atoms with E-state index in [4.69, 9.17) is 4.74 Å². The number of methoxy groups -OCH3 is 1. The quantitative estimate of drug-likeness (QED) is 0.168. The van der Waals surface area contributed by atoms with Crippen LogP contribution in [0.5, 0.6) is 0 Å². The topological polar surface area (TPSA) is 68.9 Å². The zero-order valence-electron chi connectivity index (χ0n) is 26.8. The van der Waals surface area contributed by atoms with Crippen molar-refractivity contribution in [2.75, 3.05) is 20.2 Å². The molecule has 0 N–H and O–H groups in total. The minimum atomic E-state index is -5.04. The predicted octanol–water partition coefficient (Wildman–Crippen LogP) is 8.69. The standard InChI is InChI=1S/C35H35F5N4O2S/c1-7-9-27(46-6)42-32-23(19(5)44-20-10-11-21(44)17-43(16-20)28(45)8-2)14-25(35(38,39)40)30(31(32)37)22-12-13-26(36)34-29(22)24(15-41)33(47-34)18(3)4/h8-9,12-14,18,20-21H,2,7,10-11,16-17H2,1,3-6H3/b23-19+,27-9-,42-32+. The lowest BCUT2D eigenvalue weighted by atomic mass is 9.84. The highest BCUT2D eigenvalue weighted by Gasteiger charge is 2.46. The van der Waals surface area contributed by atoms with Crippen LogP contribution in [-0.4, -0.2) is 59.9 Å². The zero-order chi connectivity index (χ0) is 34.4. The maximum absolute atomic E-state index is 17.2. The van der Waals surface area contributed by atoms with Crippen molar-refractivity contribution in [3.05, 3.63) is 87.3 Å². The second-order valence-corrected chi connectivity index (χ2v) is 13.1. The van der Waals surface area contributed by atoms with Gasteiger partial charge in [-0.05, 0) is 62.0 Å². The number of benzene rings is 1. The predicted molar refractivity (Wildman–Crippen MR) is 174 cm³/mol. The molecule has 248 valence electrons. The van der Waals surface area contributed by atoms with Gasteiger partial charge in [-0.2, -0.15) is 18.4 Å². The molecule has 0 saturated carbocycles. The van der Waals surface area contributed by atoms with Gasteiger partial charge in [-0.1, -0.05) is 33.4 Å². The SMILES string of the molecule is C=CC(=O)N1CC2CCC(C1)N2\C(C)=C1/C=C(C(F)(F)F)C(c2ccc(F)c3sc(C(C)C)c(C#N)c23)=C(F)/C1=N/C(=C/CC)OC. The molecule has 1 aromatic heterocycles. The first-order chi connectivity index (χ1) is 22.3. The number of rotatable bonds is 7. The summed E-state index contributed by atoms with van der Waals surface area (Å²) in [4.78, 5) is 21.0. The molecule has 2 aromatic rings. The minimum absolute atomic E-state index is 0.00937. The van der Waals surface area contributed by atoms with Crippen LogP contribution in [-0.2, 0) is 9.53 Å². The molecule has 2 aliphatic heterocycles. The van der Waals surface area contributed by atoms with Crippen molar-refractivity contribution in [2.45, 2.75) is 71.1 Å². The molecule has 1 aromatic carbocycles. The largest absolute Gasteiger partial charge is 0.481 e. The normalized spacial score (nSPS) is 22.3. The summed E-state index contributed by atoms with van der Waals surface area (Å²) in [5.41, 5.74) is -2.40. The van der Waals surface area contributed by atoms with Gasteiger partial charge in [0, 0.05) is 52.3 Å². The molecule has 3 heterocycles. The smallest absolute Gasteiger partial charge is 0.417 e. The van der Waals surface area contributed by atoms with E-state index in [0.29, 0.717) is 42.9 Å². The molecule has 47 heavy (non-hydrogen) atoms. The molecule has 12 heteroatoms. The van der Waals surface area contributed by atoms with Crippen LogP contribution < -0.4 is 0 Å². The molecule has 1 amide bonds. The van der Waals surface area contributed by atoms with E-state index in [2.05, 4.69) is 11.6 Å². The van der Waals surface area contributed by atoms with Gasteiger partial charge in [0.05, 0.1) is 22.9 Å². The Balaban J connectivity index is 1.81. The van der Waals surface area contributed by atoms with E-state index in [1.165, 1.54) is 13.2 Å². The molecule has 3 aliphatic rings. The maximum atomic E-state index is 17.2. The number of aliphatic imine (C=N–C) groups is 1. The van der Waals surface area contributed by atoms with E-state index >= 15 is 22.0 Å². The van der Waals surface area contributed by atoms with Crippen molar-refractivity contribution in [3.63, 3.8) is 0 Å². The van der Waals surface area contributed by atoms with Gasteiger partial charge in [-0.3, -0.25) is 4.79 Å². The molecule has 1 aliphatic carbocycles. The number of allylic oxidation sites excluding steroid dienone is 7. The minimum Gasteiger partial charge on any atom is -0.481 e. The molecule has 0 radical (unpaired) electrons. The Morgan fingerprint density at radius 3 is 2.43 bits per heavy atom. The van der Waals surface area contributed by atoms with E-state index in [-0.39, 0.29) is 62.3 Å². The van der Waals surface area contributed by atoms with Gasteiger partial charge in [-0.25, -0.2) is 13.8 Å². The Labute approximate surface area is 274 Å². The van der Waals surface area contributed by atoms with Crippen LogP contribution in [0, 0.1) is 17.1 Å². The third-order valence-electron chi connectivity index (χ3n) is 8.82. The van der Waals surface area contributed by atoms with Crippen LogP contribution in [0.1, 0.15) is 68.9 Å². The van der Waals surface area contributed by atoms with Crippen LogP contribution in [0.15, 0.2) is 70.5 Å². The second kappa shape index (κ2) is 13.1. The average molecular weight is 671 g/mol. The van der Waals surface area contributed by atoms with Crippen LogP contribution in [0.4, 0.5) is 22.0 Å². The average Bonchev–Trinajstić information content (AvgIpc) is 3.55. The van der Waals surface area contributed by atoms with Crippen molar-refractivity contribution in [1.82, 2.24) is 9.80 Å². The summed E-state index contributed by atoms with van der Waals surface area (Å²) in [7, 11) is 1.34. The third-order valence-corrected chi connectivity index (χ3v) is 10.3. The molecule has 2 unspecified atom stereocenters. The van der Waals surface area contributed by atoms with E-state index in [0.717, 1.165) is 29.5 Å². The molecule has 2 atom stereocenters. The van der Waals surface area contributed by atoms with E-state index in [1.54, 1.807) is 31.7 Å². The number of hydrogen-bond donors (Lipinski definition) is 0. The van der Waals surface area contributed by atoms with Gasteiger partial charge in [-0.15, -0.1) is 11.3 Å². The van der Waals surface area contributed by atoms with Crippen LogP contribution >= 0.6 is 11.3 Å². The molecule has 2 fully saturated rings. The summed E-state index contributed by atoms with van der Waals surface area (Å²) in [6.07, 6.45) is 0.524. The Morgan fingerprint density at radius 1 is 1.23 bits per heavy atom. The van der Waals surface area contributed by atoms with Crippen molar-refractivity contribution in [3.8, 4) is 6.07 Å². The number of carbonyl (C=O) groups is 1. The van der Waals surface area contributed by atoms with Crippen molar-refractivity contribution in [1.29, 1.82) is 5.26 Å². The fraction of sp³-hybridized carbons (Fsp3) is 0.400. The number of amides is 1. The number of alkyl halides is 3. The number of nitrogens with zero attached hydrogens (tertiary/aromatic N) is 4. The first-order valence-corrected chi connectivity index (χ1v) is 16.2. The molecular formula is C35H35F5N4O2S. The first-order valence-electron chi connectivity index (χ1n) is 15.4. The van der Waals surface area contributed by atoms with Gasteiger partial charge in [0.15, 0.2) is 5.83 Å². The van der Waals surface area contributed by atoms with Crippen molar-refractivity contribution in [2.24, 2.45) is 4.99 Å². The fourth-order valence-corrected chi connectivity index (χ4v) is 7.97. The van der Waals surface area contributed by atoms with E-state index < -0.39 is 29.0 Å². The summed E-state index contributed by atoms with van der Waals surface area (Å²) in [6.45, 7) is 11.3. The number of nitriles is 1. The zero-order valence-corrected chi connectivity index (χ0v) is 27.6. The molecular weight excluding hydrogens is 635 g/mol. The summed E-state index contributed by atoms with van der Waals surface area (Å²) < 4.78 is 82.9. The van der Waals surface area contributed by atoms with Gasteiger partial charge in [0.2, 0.25) is 11.8 Å². The molecule has 0 spiro atoms. The van der Waals surface area contributed by atoms with Gasteiger partial charge in [0.25, 0.3) is 0 Å². The van der Waals surface area contributed by atoms with Crippen LogP contribution in [0.25, 0.3) is 15.7 Å².